The number of urea groups is 1. The highest BCUT2D eigenvalue weighted by Gasteiger charge is 2.17. The number of halogens is 1. The number of imidazole rings is 1. The Morgan fingerprint density at radius 2 is 1.88 bits per heavy atom. The van der Waals surface area contributed by atoms with Gasteiger partial charge < -0.3 is 25.4 Å². The number of carbonyl (C=O) groups excluding carboxylic acids is 1. The third kappa shape index (κ3) is 6.62. The second-order valence-corrected chi connectivity index (χ2v) is 8.33. The third-order valence-corrected chi connectivity index (χ3v) is 5.95. The maximum absolute atomic E-state index is 12.3. The van der Waals surface area contributed by atoms with Gasteiger partial charge in [0.2, 0.25) is 0 Å². The zero-order valence-corrected chi connectivity index (χ0v) is 22.2. The molecular formula is C25H34IN7O. The highest BCUT2D eigenvalue weighted by atomic mass is 127. The van der Waals surface area contributed by atoms with Crippen LogP contribution in [0.3, 0.4) is 0 Å². The van der Waals surface area contributed by atoms with Crippen molar-refractivity contribution in [3.05, 3.63) is 59.9 Å². The minimum absolute atomic E-state index is 0. The topological polar surface area (TPSA) is 86.6 Å². The summed E-state index contributed by atoms with van der Waals surface area (Å²) in [5, 5.41) is 9.74. The fourth-order valence-corrected chi connectivity index (χ4v) is 4.21. The summed E-state index contributed by atoms with van der Waals surface area (Å²) in [6.07, 6.45) is 3.13. The van der Waals surface area contributed by atoms with Gasteiger partial charge >= 0.3 is 6.03 Å². The zero-order valence-electron chi connectivity index (χ0n) is 19.9. The average molecular weight is 575 g/mol. The van der Waals surface area contributed by atoms with Crippen LogP contribution in [0.15, 0.2) is 53.5 Å². The van der Waals surface area contributed by atoms with Crippen molar-refractivity contribution in [2.45, 2.75) is 39.3 Å². The highest BCUT2D eigenvalue weighted by molar-refractivity contribution is 14.0. The van der Waals surface area contributed by atoms with E-state index in [1.807, 2.05) is 35.2 Å². The summed E-state index contributed by atoms with van der Waals surface area (Å²) in [4.78, 5) is 23.2. The first-order chi connectivity index (χ1) is 16.1. The van der Waals surface area contributed by atoms with Crippen molar-refractivity contribution in [3.8, 4) is 0 Å². The van der Waals surface area contributed by atoms with Gasteiger partial charge in [-0.15, -0.1) is 24.0 Å². The Balaban J connectivity index is 0.00000324. The minimum atomic E-state index is -0.0176. The Bertz CT molecular complexity index is 1120. The molecule has 2 amide bonds. The number of para-hydroxylation sites is 2. The summed E-state index contributed by atoms with van der Waals surface area (Å²) in [5.41, 5.74) is 4.11. The van der Waals surface area contributed by atoms with Gasteiger partial charge in [-0.1, -0.05) is 24.3 Å². The van der Waals surface area contributed by atoms with Crippen molar-refractivity contribution >= 4 is 52.7 Å². The molecule has 4 rings (SSSR count). The Hall–Kier alpha value is -2.82. The lowest BCUT2D eigenvalue weighted by Gasteiger charge is -2.17. The van der Waals surface area contributed by atoms with Crippen molar-refractivity contribution in [2.75, 3.05) is 32.0 Å². The summed E-state index contributed by atoms with van der Waals surface area (Å²) >= 11 is 0. The lowest BCUT2D eigenvalue weighted by molar-refractivity contribution is 0.222. The first-order valence-corrected chi connectivity index (χ1v) is 11.7. The Labute approximate surface area is 218 Å². The van der Waals surface area contributed by atoms with Gasteiger partial charge in [0.25, 0.3) is 0 Å². The Morgan fingerprint density at radius 3 is 2.68 bits per heavy atom. The molecule has 0 spiro atoms. The number of aromatic nitrogens is 2. The SMILES string of the molecule is CN=C(NCCCn1c(C)nc2ccccc21)NCc1cccc(NC(=O)N2CCCC2)c1.I. The number of hydrogen-bond donors (Lipinski definition) is 3. The van der Waals surface area contributed by atoms with Crippen LogP contribution in [0.4, 0.5) is 10.5 Å². The van der Waals surface area contributed by atoms with Crippen LogP contribution in [-0.2, 0) is 13.1 Å². The van der Waals surface area contributed by atoms with Crippen LogP contribution < -0.4 is 16.0 Å². The molecule has 1 aliphatic rings. The van der Waals surface area contributed by atoms with Gasteiger partial charge in [0.1, 0.15) is 5.82 Å². The van der Waals surface area contributed by atoms with E-state index in [1.165, 1.54) is 5.52 Å². The molecule has 1 fully saturated rings. The predicted octanol–water partition coefficient (Wildman–Crippen LogP) is 4.35. The van der Waals surface area contributed by atoms with Gasteiger partial charge in [-0.3, -0.25) is 4.99 Å². The van der Waals surface area contributed by atoms with Gasteiger partial charge in [0, 0.05) is 45.5 Å². The smallest absolute Gasteiger partial charge is 0.321 e. The monoisotopic (exact) mass is 575 g/mol. The number of benzene rings is 2. The van der Waals surface area contributed by atoms with E-state index in [1.54, 1.807) is 7.05 Å². The average Bonchev–Trinajstić information content (AvgIpc) is 3.47. The maximum atomic E-state index is 12.3. The second-order valence-electron chi connectivity index (χ2n) is 8.33. The highest BCUT2D eigenvalue weighted by Crippen LogP contribution is 2.16. The standard InChI is InChI=1S/C25H33N7O.HI/c1-19-29-22-11-3-4-12-23(22)32(19)16-8-13-27-24(26-2)28-18-20-9-7-10-21(17-20)30-25(33)31-14-5-6-15-31;/h3-4,7,9-12,17H,5-6,8,13-16,18H2,1-2H3,(H,30,33)(H2,26,27,28);1H. The summed E-state index contributed by atoms with van der Waals surface area (Å²) in [6.45, 7) is 6.05. The summed E-state index contributed by atoms with van der Waals surface area (Å²) < 4.78 is 2.26. The van der Waals surface area contributed by atoms with E-state index < -0.39 is 0 Å². The Kier molecular flexibility index (Phi) is 9.55. The molecule has 0 atom stereocenters. The molecule has 1 aromatic heterocycles. The van der Waals surface area contributed by atoms with Crippen LogP contribution >= 0.6 is 24.0 Å². The molecule has 0 aliphatic carbocycles. The van der Waals surface area contributed by atoms with E-state index in [2.05, 4.69) is 55.6 Å². The molecule has 0 saturated carbocycles. The first kappa shape index (κ1) is 25.8. The quantitative estimate of drug-likeness (QED) is 0.169. The van der Waals surface area contributed by atoms with E-state index >= 15 is 0 Å². The number of likely N-dealkylation sites (tertiary alicyclic amines) is 1. The van der Waals surface area contributed by atoms with Gasteiger partial charge in [-0.05, 0) is 56.0 Å². The van der Waals surface area contributed by atoms with E-state index in [4.69, 9.17) is 0 Å². The molecule has 1 aliphatic heterocycles. The van der Waals surface area contributed by atoms with Crippen LogP contribution in [0.2, 0.25) is 0 Å². The van der Waals surface area contributed by atoms with E-state index in [0.29, 0.717) is 6.54 Å². The maximum Gasteiger partial charge on any atom is 0.321 e. The van der Waals surface area contributed by atoms with Crippen molar-refractivity contribution in [1.29, 1.82) is 0 Å². The molecule has 0 bridgehead atoms. The number of aryl methyl sites for hydroxylation is 2. The fourth-order valence-electron chi connectivity index (χ4n) is 4.21. The lowest BCUT2D eigenvalue weighted by atomic mass is 10.2. The number of carbonyl (C=O) groups is 1. The summed E-state index contributed by atoms with van der Waals surface area (Å²) in [6, 6.07) is 16.2. The molecule has 8 nitrogen and oxygen atoms in total. The van der Waals surface area contributed by atoms with Gasteiger partial charge in [0.15, 0.2) is 5.96 Å². The van der Waals surface area contributed by atoms with Crippen LogP contribution in [0, 0.1) is 6.92 Å². The van der Waals surface area contributed by atoms with Crippen LogP contribution in [0.1, 0.15) is 30.7 Å². The van der Waals surface area contributed by atoms with Crippen molar-refractivity contribution in [1.82, 2.24) is 25.1 Å². The number of nitrogens with zero attached hydrogens (tertiary/aromatic N) is 4. The number of amides is 2. The number of guanidine groups is 1. The van der Waals surface area contributed by atoms with Crippen LogP contribution in [-0.4, -0.2) is 53.1 Å². The largest absolute Gasteiger partial charge is 0.356 e. The number of rotatable bonds is 7. The molecular weight excluding hydrogens is 541 g/mol. The lowest BCUT2D eigenvalue weighted by Crippen LogP contribution is -2.37. The van der Waals surface area contributed by atoms with Crippen molar-refractivity contribution in [2.24, 2.45) is 4.99 Å². The number of hydrogen-bond acceptors (Lipinski definition) is 3. The number of aliphatic imine (C=N–C) groups is 1. The third-order valence-electron chi connectivity index (χ3n) is 5.95. The van der Waals surface area contributed by atoms with Gasteiger partial charge in [-0.25, -0.2) is 9.78 Å². The molecule has 2 heterocycles. The van der Waals surface area contributed by atoms with Crippen LogP contribution in [0.5, 0.6) is 0 Å². The zero-order chi connectivity index (χ0) is 23.0. The molecule has 3 N–H and O–H groups in total. The van der Waals surface area contributed by atoms with Crippen LogP contribution in [0.25, 0.3) is 11.0 Å². The Morgan fingerprint density at radius 1 is 1.09 bits per heavy atom. The molecule has 0 radical (unpaired) electrons. The molecule has 34 heavy (non-hydrogen) atoms. The summed E-state index contributed by atoms with van der Waals surface area (Å²) in [7, 11) is 1.77. The number of anilines is 1. The summed E-state index contributed by atoms with van der Waals surface area (Å²) in [5.74, 6) is 1.80. The van der Waals surface area contributed by atoms with Crippen molar-refractivity contribution in [3.63, 3.8) is 0 Å². The molecule has 9 heteroatoms. The molecule has 0 unspecified atom stereocenters. The molecule has 182 valence electrons. The first-order valence-electron chi connectivity index (χ1n) is 11.7. The predicted molar refractivity (Wildman–Crippen MR) is 149 cm³/mol. The van der Waals surface area contributed by atoms with Gasteiger partial charge in [0.05, 0.1) is 11.0 Å². The fraction of sp³-hybridized carbons (Fsp3) is 0.400. The van der Waals surface area contributed by atoms with Crippen molar-refractivity contribution < 1.29 is 4.79 Å². The minimum Gasteiger partial charge on any atom is -0.356 e. The van der Waals surface area contributed by atoms with E-state index in [-0.39, 0.29) is 30.0 Å². The van der Waals surface area contributed by atoms with E-state index in [9.17, 15) is 4.79 Å². The molecule has 2 aromatic carbocycles. The number of fused-ring (bicyclic) bond motifs is 1. The number of nitrogens with one attached hydrogen (secondary N) is 3. The van der Waals surface area contributed by atoms with E-state index in [0.717, 1.165) is 74.0 Å². The normalized spacial score (nSPS) is 13.6. The second kappa shape index (κ2) is 12.6. The van der Waals surface area contributed by atoms with Gasteiger partial charge in [-0.2, -0.15) is 0 Å². The molecule has 1 saturated heterocycles. The molecule has 3 aromatic rings.